The highest BCUT2D eigenvalue weighted by Gasteiger charge is 2.32. The van der Waals surface area contributed by atoms with Crippen molar-refractivity contribution in [3.05, 3.63) is 33.8 Å². The van der Waals surface area contributed by atoms with E-state index in [1.807, 2.05) is 0 Å². The van der Waals surface area contributed by atoms with Crippen LogP contribution in [0.25, 0.3) is 0 Å². The molecular formula is C11H13BrO3S. The Balaban J connectivity index is 3.36. The number of rotatable bonds is 3. The van der Waals surface area contributed by atoms with E-state index < -0.39 is 14.6 Å². The Morgan fingerprint density at radius 3 is 2.25 bits per heavy atom. The summed E-state index contributed by atoms with van der Waals surface area (Å²) in [6.45, 7) is 3.29. The molecule has 5 heteroatoms. The van der Waals surface area contributed by atoms with Gasteiger partial charge in [0.15, 0.2) is 16.1 Å². The van der Waals surface area contributed by atoms with Crippen LogP contribution in [-0.2, 0) is 14.6 Å². The number of carbonyl (C=O) groups is 1. The van der Waals surface area contributed by atoms with E-state index in [0.717, 1.165) is 6.29 Å². The van der Waals surface area contributed by atoms with Gasteiger partial charge in [-0.15, -0.1) is 0 Å². The molecule has 16 heavy (non-hydrogen) atoms. The highest BCUT2D eigenvalue weighted by Crippen LogP contribution is 2.31. The quantitative estimate of drug-likeness (QED) is 0.806. The lowest BCUT2D eigenvalue weighted by Gasteiger charge is -2.23. The van der Waals surface area contributed by atoms with Crippen LogP contribution >= 0.6 is 15.9 Å². The molecule has 0 aliphatic rings. The summed E-state index contributed by atoms with van der Waals surface area (Å²) < 4.78 is 22.9. The summed E-state index contributed by atoms with van der Waals surface area (Å²) in [4.78, 5) is 10.6. The number of carbonyl (C=O) groups excluding carboxylic acids is 1. The van der Waals surface area contributed by atoms with Gasteiger partial charge in [-0.05, 0) is 25.5 Å². The van der Waals surface area contributed by atoms with Crippen LogP contribution < -0.4 is 0 Å². The Labute approximate surface area is 104 Å². The second-order valence-electron chi connectivity index (χ2n) is 4.14. The minimum Gasteiger partial charge on any atom is -0.298 e. The maximum atomic E-state index is 11.6. The molecule has 0 saturated heterocycles. The van der Waals surface area contributed by atoms with E-state index in [4.69, 9.17) is 0 Å². The van der Waals surface area contributed by atoms with Crippen molar-refractivity contribution in [1.82, 2.24) is 0 Å². The lowest BCUT2D eigenvalue weighted by Crippen LogP contribution is -2.28. The first kappa shape index (κ1) is 13.4. The lowest BCUT2D eigenvalue weighted by atomic mass is 10.0. The summed E-state index contributed by atoms with van der Waals surface area (Å²) in [5.74, 6) is 0. The molecule has 0 aliphatic carbocycles. The van der Waals surface area contributed by atoms with E-state index in [-0.39, 0.29) is 0 Å². The van der Waals surface area contributed by atoms with E-state index in [0.29, 0.717) is 15.6 Å². The van der Waals surface area contributed by atoms with Gasteiger partial charge in [0.1, 0.15) is 0 Å². The molecule has 0 atom stereocenters. The third-order valence-electron chi connectivity index (χ3n) is 2.75. The molecule has 0 aromatic heterocycles. The fraction of sp³-hybridized carbons (Fsp3) is 0.364. The van der Waals surface area contributed by atoms with Crippen LogP contribution in [0.1, 0.15) is 29.8 Å². The Morgan fingerprint density at radius 2 is 1.88 bits per heavy atom. The highest BCUT2D eigenvalue weighted by atomic mass is 79.9. The predicted octanol–water partition coefficient (Wildman–Crippen LogP) is 2.54. The maximum Gasteiger partial charge on any atom is 0.156 e. The maximum absolute atomic E-state index is 11.6. The molecule has 88 valence electrons. The molecule has 0 aliphatic heterocycles. The molecule has 0 heterocycles. The fourth-order valence-corrected chi connectivity index (χ4v) is 2.24. The smallest absolute Gasteiger partial charge is 0.156 e. The summed E-state index contributed by atoms with van der Waals surface area (Å²) >= 11 is 3.24. The molecule has 0 radical (unpaired) electrons. The topological polar surface area (TPSA) is 51.2 Å². The van der Waals surface area contributed by atoms with Crippen molar-refractivity contribution < 1.29 is 13.2 Å². The zero-order valence-electron chi connectivity index (χ0n) is 9.32. The molecule has 1 aromatic rings. The number of halogens is 1. The highest BCUT2D eigenvalue weighted by molar-refractivity contribution is 9.10. The minimum absolute atomic E-state index is 0.507. The van der Waals surface area contributed by atoms with Gasteiger partial charge in [-0.1, -0.05) is 28.1 Å². The van der Waals surface area contributed by atoms with Gasteiger partial charge in [0, 0.05) is 16.3 Å². The van der Waals surface area contributed by atoms with Crippen molar-refractivity contribution in [2.75, 3.05) is 6.26 Å². The van der Waals surface area contributed by atoms with Gasteiger partial charge in [0.2, 0.25) is 0 Å². The second-order valence-corrected chi connectivity index (χ2v) is 7.56. The predicted molar refractivity (Wildman–Crippen MR) is 67.4 cm³/mol. The molecule has 0 fully saturated rings. The zero-order chi connectivity index (χ0) is 12.6. The SMILES string of the molecule is CC(C)(c1ccc(C=O)c(Br)c1)S(C)(=O)=O. The van der Waals surface area contributed by atoms with Crippen molar-refractivity contribution >= 4 is 32.1 Å². The molecule has 0 bridgehead atoms. The van der Waals surface area contributed by atoms with Crippen molar-refractivity contribution in [2.45, 2.75) is 18.6 Å². The van der Waals surface area contributed by atoms with Gasteiger partial charge in [-0.25, -0.2) is 8.42 Å². The van der Waals surface area contributed by atoms with Gasteiger partial charge < -0.3 is 0 Å². The van der Waals surface area contributed by atoms with Crippen molar-refractivity contribution in [3.63, 3.8) is 0 Å². The van der Waals surface area contributed by atoms with Crippen LogP contribution in [0.15, 0.2) is 22.7 Å². The first-order chi connectivity index (χ1) is 7.20. The number of benzene rings is 1. The average molecular weight is 305 g/mol. The number of hydrogen-bond donors (Lipinski definition) is 0. The van der Waals surface area contributed by atoms with Gasteiger partial charge in [0.25, 0.3) is 0 Å². The standard InChI is InChI=1S/C11H13BrO3S/c1-11(2,16(3,14)15)9-5-4-8(7-13)10(12)6-9/h4-7H,1-3H3. The van der Waals surface area contributed by atoms with Crippen molar-refractivity contribution in [3.8, 4) is 0 Å². The van der Waals surface area contributed by atoms with Crippen LogP contribution in [0, 0.1) is 0 Å². The summed E-state index contributed by atoms with van der Waals surface area (Å²) in [7, 11) is -3.20. The Kier molecular flexibility index (Phi) is 3.59. The van der Waals surface area contributed by atoms with E-state index in [1.54, 1.807) is 32.0 Å². The molecular weight excluding hydrogens is 292 g/mol. The second kappa shape index (κ2) is 4.30. The van der Waals surface area contributed by atoms with Crippen LogP contribution in [-0.4, -0.2) is 21.0 Å². The number of sulfone groups is 1. The third kappa shape index (κ3) is 2.35. The van der Waals surface area contributed by atoms with Crippen LogP contribution in [0.3, 0.4) is 0 Å². The molecule has 0 saturated carbocycles. The largest absolute Gasteiger partial charge is 0.298 e. The summed E-state index contributed by atoms with van der Waals surface area (Å²) in [6, 6.07) is 4.94. The molecule has 0 N–H and O–H groups in total. The van der Waals surface area contributed by atoms with E-state index in [1.165, 1.54) is 6.26 Å². The Hall–Kier alpha value is -0.680. The molecule has 1 aromatic carbocycles. The molecule has 0 unspecified atom stereocenters. The van der Waals surface area contributed by atoms with Crippen LogP contribution in [0.4, 0.5) is 0 Å². The molecule has 3 nitrogen and oxygen atoms in total. The monoisotopic (exact) mass is 304 g/mol. The van der Waals surface area contributed by atoms with E-state index in [2.05, 4.69) is 15.9 Å². The lowest BCUT2D eigenvalue weighted by molar-refractivity contribution is 0.112. The van der Waals surface area contributed by atoms with Gasteiger partial charge in [0.05, 0.1) is 4.75 Å². The first-order valence-electron chi connectivity index (χ1n) is 4.65. The molecule has 0 spiro atoms. The van der Waals surface area contributed by atoms with Gasteiger partial charge in [-0.2, -0.15) is 0 Å². The fourth-order valence-electron chi connectivity index (χ4n) is 1.21. The van der Waals surface area contributed by atoms with E-state index in [9.17, 15) is 13.2 Å². The van der Waals surface area contributed by atoms with Crippen LogP contribution in [0.2, 0.25) is 0 Å². The summed E-state index contributed by atoms with van der Waals surface area (Å²) in [6.07, 6.45) is 1.93. The normalized spacial score (nSPS) is 12.5. The van der Waals surface area contributed by atoms with Crippen molar-refractivity contribution in [2.24, 2.45) is 0 Å². The minimum atomic E-state index is -3.20. The first-order valence-corrected chi connectivity index (χ1v) is 7.33. The average Bonchev–Trinajstić information content (AvgIpc) is 2.15. The molecule has 0 amide bonds. The Bertz CT molecular complexity index is 518. The van der Waals surface area contributed by atoms with Gasteiger partial charge >= 0.3 is 0 Å². The van der Waals surface area contributed by atoms with Crippen molar-refractivity contribution in [1.29, 1.82) is 0 Å². The Morgan fingerprint density at radius 1 is 1.31 bits per heavy atom. The summed E-state index contributed by atoms with van der Waals surface area (Å²) in [5, 5.41) is 0. The number of aldehydes is 1. The summed E-state index contributed by atoms with van der Waals surface area (Å²) in [5.41, 5.74) is 1.17. The van der Waals surface area contributed by atoms with Crippen LogP contribution in [0.5, 0.6) is 0 Å². The third-order valence-corrected chi connectivity index (χ3v) is 5.53. The zero-order valence-corrected chi connectivity index (χ0v) is 11.7. The van der Waals surface area contributed by atoms with E-state index >= 15 is 0 Å². The van der Waals surface area contributed by atoms with Gasteiger partial charge in [-0.3, -0.25) is 4.79 Å². The molecule has 1 rings (SSSR count). The number of hydrogen-bond acceptors (Lipinski definition) is 3.